The summed E-state index contributed by atoms with van der Waals surface area (Å²) in [6.07, 6.45) is 1.02. The van der Waals surface area contributed by atoms with Gasteiger partial charge in [-0.3, -0.25) is 0 Å². The van der Waals surface area contributed by atoms with Gasteiger partial charge in [0.1, 0.15) is 0 Å². The minimum absolute atomic E-state index is 0.333. The van der Waals surface area contributed by atoms with Crippen molar-refractivity contribution in [1.29, 1.82) is 0 Å². The van der Waals surface area contributed by atoms with Crippen LogP contribution in [0, 0.1) is 5.41 Å². The SMILES string of the molecule is CCc1ccc(C(C)(O)C(C)(C)CN)cc1. The average molecular weight is 221 g/mol. The number of aryl methyl sites for hydroxylation is 1. The quantitative estimate of drug-likeness (QED) is 0.820. The lowest BCUT2D eigenvalue weighted by Crippen LogP contribution is -2.44. The van der Waals surface area contributed by atoms with Crippen LogP contribution in [-0.4, -0.2) is 11.7 Å². The number of hydrogen-bond donors (Lipinski definition) is 2. The van der Waals surface area contributed by atoms with E-state index in [9.17, 15) is 5.11 Å². The van der Waals surface area contributed by atoms with E-state index >= 15 is 0 Å². The molecule has 1 atom stereocenters. The molecule has 1 unspecified atom stereocenters. The van der Waals surface area contributed by atoms with Gasteiger partial charge >= 0.3 is 0 Å². The van der Waals surface area contributed by atoms with Gasteiger partial charge in [0.2, 0.25) is 0 Å². The fraction of sp³-hybridized carbons (Fsp3) is 0.571. The summed E-state index contributed by atoms with van der Waals surface area (Å²) in [6, 6.07) is 8.12. The Labute approximate surface area is 98.5 Å². The minimum atomic E-state index is -0.895. The number of nitrogens with two attached hydrogens (primary N) is 1. The largest absolute Gasteiger partial charge is 0.385 e. The third-order valence-electron chi connectivity index (χ3n) is 3.75. The summed E-state index contributed by atoms with van der Waals surface area (Å²) >= 11 is 0. The van der Waals surface area contributed by atoms with Crippen LogP contribution >= 0.6 is 0 Å². The first kappa shape index (κ1) is 13.2. The molecule has 0 fully saturated rings. The van der Waals surface area contributed by atoms with E-state index in [1.54, 1.807) is 0 Å². The summed E-state index contributed by atoms with van der Waals surface area (Å²) in [5, 5.41) is 10.6. The van der Waals surface area contributed by atoms with Crippen LogP contribution in [0.25, 0.3) is 0 Å². The Bertz CT molecular complexity index is 338. The predicted octanol–water partition coefficient (Wildman–Crippen LogP) is 2.44. The molecule has 1 aromatic carbocycles. The summed E-state index contributed by atoms with van der Waals surface area (Å²) in [5.74, 6) is 0. The Kier molecular flexibility index (Phi) is 3.76. The maximum Gasteiger partial charge on any atom is 0.0931 e. The van der Waals surface area contributed by atoms with Crippen molar-refractivity contribution < 1.29 is 5.11 Å². The highest BCUT2D eigenvalue weighted by Crippen LogP contribution is 2.38. The van der Waals surface area contributed by atoms with Crippen molar-refractivity contribution in [3.8, 4) is 0 Å². The van der Waals surface area contributed by atoms with Crippen LogP contribution in [0.2, 0.25) is 0 Å². The van der Waals surface area contributed by atoms with E-state index in [-0.39, 0.29) is 5.41 Å². The smallest absolute Gasteiger partial charge is 0.0931 e. The first-order chi connectivity index (χ1) is 7.35. The summed E-state index contributed by atoms with van der Waals surface area (Å²) in [4.78, 5) is 0. The van der Waals surface area contributed by atoms with Gasteiger partial charge in [0.05, 0.1) is 5.60 Å². The molecule has 0 radical (unpaired) electrons. The van der Waals surface area contributed by atoms with Gasteiger partial charge in [0.15, 0.2) is 0 Å². The number of rotatable bonds is 4. The molecule has 1 rings (SSSR count). The number of aliphatic hydroxyl groups is 1. The van der Waals surface area contributed by atoms with E-state index in [1.165, 1.54) is 5.56 Å². The molecule has 0 aromatic heterocycles. The van der Waals surface area contributed by atoms with Gasteiger partial charge in [-0.15, -0.1) is 0 Å². The summed E-state index contributed by atoms with van der Waals surface area (Å²) in [5.41, 5.74) is 6.71. The van der Waals surface area contributed by atoms with Gasteiger partial charge in [-0.1, -0.05) is 45.0 Å². The molecule has 0 aliphatic heterocycles. The van der Waals surface area contributed by atoms with Crippen molar-refractivity contribution in [2.75, 3.05) is 6.54 Å². The number of benzene rings is 1. The highest BCUT2D eigenvalue weighted by atomic mass is 16.3. The maximum atomic E-state index is 10.6. The van der Waals surface area contributed by atoms with E-state index in [1.807, 2.05) is 32.9 Å². The van der Waals surface area contributed by atoms with Crippen LogP contribution in [-0.2, 0) is 12.0 Å². The number of hydrogen-bond acceptors (Lipinski definition) is 2. The molecule has 2 heteroatoms. The second-order valence-corrected chi connectivity index (χ2v) is 5.21. The molecule has 2 nitrogen and oxygen atoms in total. The zero-order chi connectivity index (χ0) is 12.4. The van der Waals surface area contributed by atoms with Gasteiger partial charge in [-0.05, 0) is 24.5 Å². The molecule has 0 bridgehead atoms. The second-order valence-electron chi connectivity index (χ2n) is 5.21. The normalized spacial score (nSPS) is 15.9. The highest BCUT2D eigenvalue weighted by Gasteiger charge is 2.39. The van der Waals surface area contributed by atoms with E-state index < -0.39 is 5.60 Å². The maximum absolute atomic E-state index is 10.6. The molecule has 0 amide bonds. The van der Waals surface area contributed by atoms with Crippen molar-refractivity contribution in [3.63, 3.8) is 0 Å². The molecule has 0 saturated carbocycles. The van der Waals surface area contributed by atoms with Gasteiger partial charge in [0.25, 0.3) is 0 Å². The van der Waals surface area contributed by atoms with E-state index in [2.05, 4.69) is 19.1 Å². The summed E-state index contributed by atoms with van der Waals surface area (Å²) < 4.78 is 0. The van der Waals surface area contributed by atoms with Crippen molar-refractivity contribution >= 4 is 0 Å². The van der Waals surface area contributed by atoms with Crippen molar-refractivity contribution in [3.05, 3.63) is 35.4 Å². The molecule has 0 aliphatic carbocycles. The molecule has 0 saturated heterocycles. The van der Waals surface area contributed by atoms with Gasteiger partial charge in [0, 0.05) is 12.0 Å². The molecule has 3 N–H and O–H groups in total. The minimum Gasteiger partial charge on any atom is -0.385 e. The fourth-order valence-corrected chi connectivity index (χ4v) is 1.65. The van der Waals surface area contributed by atoms with Crippen LogP contribution in [0.5, 0.6) is 0 Å². The molecule has 0 spiro atoms. The Hall–Kier alpha value is -0.860. The third-order valence-corrected chi connectivity index (χ3v) is 3.75. The lowest BCUT2D eigenvalue weighted by Gasteiger charge is -2.39. The Morgan fingerprint density at radius 1 is 1.12 bits per heavy atom. The Balaban J connectivity index is 3.07. The van der Waals surface area contributed by atoms with E-state index in [0.29, 0.717) is 6.54 Å². The van der Waals surface area contributed by atoms with Crippen LogP contribution in [0.4, 0.5) is 0 Å². The Morgan fingerprint density at radius 3 is 2.00 bits per heavy atom. The summed E-state index contributed by atoms with van der Waals surface area (Å²) in [6.45, 7) is 8.38. The van der Waals surface area contributed by atoms with Crippen LogP contribution in [0.3, 0.4) is 0 Å². The van der Waals surface area contributed by atoms with Crippen LogP contribution in [0.15, 0.2) is 24.3 Å². The zero-order valence-corrected chi connectivity index (χ0v) is 10.7. The lowest BCUT2D eigenvalue weighted by atomic mass is 9.72. The molecule has 0 aliphatic rings. The van der Waals surface area contributed by atoms with Gasteiger partial charge in [-0.2, -0.15) is 0 Å². The van der Waals surface area contributed by atoms with Gasteiger partial charge in [-0.25, -0.2) is 0 Å². The third kappa shape index (κ3) is 2.28. The van der Waals surface area contributed by atoms with Crippen molar-refractivity contribution in [2.24, 2.45) is 11.1 Å². The monoisotopic (exact) mass is 221 g/mol. The molecule has 90 valence electrons. The van der Waals surface area contributed by atoms with Crippen molar-refractivity contribution in [2.45, 2.75) is 39.7 Å². The molecule has 0 heterocycles. The predicted molar refractivity (Wildman–Crippen MR) is 68.2 cm³/mol. The van der Waals surface area contributed by atoms with Crippen molar-refractivity contribution in [1.82, 2.24) is 0 Å². The molecule has 16 heavy (non-hydrogen) atoms. The first-order valence-electron chi connectivity index (χ1n) is 5.87. The van der Waals surface area contributed by atoms with E-state index in [0.717, 1.165) is 12.0 Å². The first-order valence-corrected chi connectivity index (χ1v) is 5.87. The Morgan fingerprint density at radius 2 is 1.62 bits per heavy atom. The average Bonchev–Trinajstić information content (AvgIpc) is 2.29. The van der Waals surface area contributed by atoms with Crippen LogP contribution < -0.4 is 5.73 Å². The van der Waals surface area contributed by atoms with E-state index in [4.69, 9.17) is 5.73 Å². The standard InChI is InChI=1S/C14H23NO/c1-5-11-6-8-12(9-7-11)14(4,16)13(2,3)10-15/h6-9,16H,5,10,15H2,1-4H3. The second kappa shape index (κ2) is 4.56. The molecular weight excluding hydrogens is 198 g/mol. The zero-order valence-electron chi connectivity index (χ0n) is 10.7. The summed E-state index contributed by atoms with van der Waals surface area (Å²) in [7, 11) is 0. The lowest BCUT2D eigenvalue weighted by molar-refractivity contribution is -0.0521. The topological polar surface area (TPSA) is 46.2 Å². The molecule has 1 aromatic rings. The molecular formula is C14H23NO. The van der Waals surface area contributed by atoms with Crippen LogP contribution in [0.1, 0.15) is 38.8 Å². The van der Waals surface area contributed by atoms with Gasteiger partial charge < -0.3 is 10.8 Å². The fourth-order valence-electron chi connectivity index (χ4n) is 1.65. The highest BCUT2D eigenvalue weighted by molar-refractivity contribution is 5.28.